The van der Waals surface area contributed by atoms with Crippen molar-refractivity contribution in [2.75, 3.05) is 0 Å². The molecule has 0 rings (SSSR count). The Balaban J connectivity index is 3.81. The maximum absolute atomic E-state index is 12.2. The molecule has 10 heavy (non-hydrogen) atoms. The fourth-order valence-electron chi connectivity index (χ4n) is 0.469. The van der Waals surface area contributed by atoms with E-state index in [4.69, 9.17) is 0 Å². The third-order valence-corrected chi connectivity index (χ3v) is 0.859. The number of nitrogens with one attached hydrogen (secondary N) is 1. The van der Waals surface area contributed by atoms with Gasteiger partial charge >= 0.3 is 0 Å². The van der Waals surface area contributed by atoms with Crippen molar-refractivity contribution in [1.82, 2.24) is 5.32 Å². The van der Waals surface area contributed by atoms with Gasteiger partial charge in [0.05, 0.1) is 0 Å². The highest BCUT2D eigenvalue weighted by molar-refractivity contribution is 5.80. The number of carbonyl (C=O) groups excluding carboxylic acids is 1. The summed E-state index contributed by atoms with van der Waals surface area (Å²) < 4.78 is 12.2. The summed E-state index contributed by atoms with van der Waals surface area (Å²) in [5, 5.41) is 2.50. The van der Waals surface area contributed by atoms with E-state index in [0.717, 1.165) is 0 Å². The van der Waals surface area contributed by atoms with Crippen LogP contribution in [0.15, 0.2) is 0 Å². The van der Waals surface area contributed by atoms with Crippen LogP contribution in [-0.4, -0.2) is 17.6 Å². The van der Waals surface area contributed by atoms with Gasteiger partial charge in [0.15, 0.2) is 6.17 Å². The third-order valence-electron chi connectivity index (χ3n) is 0.859. The number of carbonyl (C=O) groups is 1. The summed E-state index contributed by atoms with van der Waals surface area (Å²) in [5.74, 6) is -0.549. The van der Waals surface area contributed by atoms with E-state index in [2.05, 4.69) is 5.32 Å². The Kier molecular flexibility index (Phi) is 2.81. The molecule has 0 aliphatic rings. The minimum absolute atomic E-state index is 0.336. The van der Waals surface area contributed by atoms with Crippen LogP contribution in [0.1, 0.15) is 27.7 Å². The van der Waals surface area contributed by atoms with E-state index in [-0.39, 0.29) is 5.54 Å². The number of halogens is 1. The number of hydrogen-bond donors (Lipinski definition) is 1. The zero-order chi connectivity index (χ0) is 8.36. The second-order valence-electron chi connectivity index (χ2n) is 3.36. The number of alkyl halides is 1. The summed E-state index contributed by atoms with van der Waals surface area (Å²) in [4.78, 5) is 10.7. The number of hydrogen-bond acceptors (Lipinski definition) is 1. The van der Waals surface area contributed by atoms with Gasteiger partial charge in [-0.05, 0) is 27.7 Å². The van der Waals surface area contributed by atoms with Gasteiger partial charge in [-0.3, -0.25) is 4.79 Å². The van der Waals surface area contributed by atoms with Crippen molar-refractivity contribution in [3.63, 3.8) is 0 Å². The summed E-state index contributed by atoms with van der Waals surface area (Å²) in [6, 6.07) is 0. The zero-order valence-corrected chi connectivity index (χ0v) is 6.86. The van der Waals surface area contributed by atoms with Crippen molar-refractivity contribution in [1.29, 1.82) is 0 Å². The topological polar surface area (TPSA) is 29.1 Å². The van der Waals surface area contributed by atoms with Gasteiger partial charge < -0.3 is 5.32 Å². The van der Waals surface area contributed by atoms with Gasteiger partial charge in [0, 0.05) is 5.54 Å². The van der Waals surface area contributed by atoms with E-state index < -0.39 is 12.1 Å². The highest BCUT2D eigenvalue weighted by atomic mass is 19.1. The molecule has 0 aliphatic carbocycles. The van der Waals surface area contributed by atoms with Gasteiger partial charge in [-0.25, -0.2) is 4.39 Å². The molecule has 1 amide bonds. The summed E-state index contributed by atoms with van der Waals surface area (Å²) >= 11 is 0. The lowest BCUT2D eigenvalue weighted by atomic mass is 10.1. The normalized spacial score (nSPS) is 14.5. The molecule has 0 saturated heterocycles. The quantitative estimate of drug-likeness (QED) is 0.594. The van der Waals surface area contributed by atoms with Crippen molar-refractivity contribution in [2.24, 2.45) is 0 Å². The zero-order valence-electron chi connectivity index (χ0n) is 6.86. The van der Waals surface area contributed by atoms with Gasteiger partial charge in [0.2, 0.25) is 0 Å². The Labute approximate surface area is 60.8 Å². The Morgan fingerprint density at radius 2 is 1.90 bits per heavy atom. The van der Waals surface area contributed by atoms with Gasteiger partial charge in [0.25, 0.3) is 5.91 Å². The van der Waals surface area contributed by atoms with Crippen molar-refractivity contribution in [2.45, 2.75) is 39.4 Å². The summed E-state index contributed by atoms with van der Waals surface area (Å²) in [6.07, 6.45) is -1.42. The molecule has 0 radical (unpaired) electrons. The van der Waals surface area contributed by atoms with Crippen LogP contribution in [0, 0.1) is 0 Å². The molecule has 2 nitrogen and oxygen atoms in total. The lowest BCUT2D eigenvalue weighted by molar-refractivity contribution is -0.126. The van der Waals surface area contributed by atoms with Gasteiger partial charge in [-0.15, -0.1) is 0 Å². The first kappa shape index (κ1) is 9.40. The number of rotatable bonds is 1. The minimum Gasteiger partial charge on any atom is -0.349 e. The lowest BCUT2D eigenvalue weighted by Gasteiger charge is -2.20. The molecule has 1 N–H and O–H groups in total. The molecule has 0 heterocycles. The maximum Gasteiger partial charge on any atom is 0.254 e. The van der Waals surface area contributed by atoms with E-state index in [1.165, 1.54) is 6.92 Å². The molecule has 0 spiro atoms. The SMILES string of the molecule is CC(F)C(=O)NC(C)(C)C. The molecular formula is C7H14FNO. The molecule has 0 saturated carbocycles. The fourth-order valence-corrected chi connectivity index (χ4v) is 0.469. The van der Waals surface area contributed by atoms with E-state index >= 15 is 0 Å². The maximum atomic E-state index is 12.2. The van der Waals surface area contributed by atoms with Crippen LogP contribution in [0.4, 0.5) is 4.39 Å². The Morgan fingerprint density at radius 3 is 2.00 bits per heavy atom. The van der Waals surface area contributed by atoms with Gasteiger partial charge in [-0.1, -0.05) is 0 Å². The molecule has 0 aromatic carbocycles. The molecule has 0 aromatic rings. The second-order valence-corrected chi connectivity index (χ2v) is 3.36. The first-order valence-corrected chi connectivity index (χ1v) is 3.29. The molecule has 0 bridgehead atoms. The van der Waals surface area contributed by atoms with Crippen molar-refractivity contribution in [3.8, 4) is 0 Å². The van der Waals surface area contributed by atoms with Crippen LogP contribution in [0.5, 0.6) is 0 Å². The third kappa shape index (κ3) is 4.30. The van der Waals surface area contributed by atoms with Crippen LogP contribution in [0.3, 0.4) is 0 Å². The Bertz CT molecular complexity index is 126. The van der Waals surface area contributed by atoms with Crippen molar-refractivity contribution < 1.29 is 9.18 Å². The molecule has 0 fully saturated rings. The molecule has 0 aliphatic heterocycles. The van der Waals surface area contributed by atoms with Crippen LogP contribution in [0.25, 0.3) is 0 Å². The summed E-state index contributed by atoms with van der Waals surface area (Å²) in [7, 11) is 0. The van der Waals surface area contributed by atoms with Crippen LogP contribution in [0.2, 0.25) is 0 Å². The largest absolute Gasteiger partial charge is 0.349 e. The molecule has 1 atom stereocenters. The van der Waals surface area contributed by atoms with E-state index in [0.29, 0.717) is 0 Å². The van der Waals surface area contributed by atoms with Crippen LogP contribution in [-0.2, 0) is 4.79 Å². The average Bonchev–Trinajstić information content (AvgIpc) is 1.60. The predicted molar refractivity (Wildman–Crippen MR) is 38.5 cm³/mol. The highest BCUT2D eigenvalue weighted by Gasteiger charge is 2.17. The van der Waals surface area contributed by atoms with Gasteiger partial charge in [0.1, 0.15) is 0 Å². The first-order chi connectivity index (χ1) is 4.33. The van der Waals surface area contributed by atoms with Gasteiger partial charge in [-0.2, -0.15) is 0 Å². The minimum atomic E-state index is -1.42. The molecular weight excluding hydrogens is 133 g/mol. The fraction of sp³-hybridized carbons (Fsp3) is 0.857. The van der Waals surface area contributed by atoms with E-state index in [9.17, 15) is 9.18 Å². The summed E-state index contributed by atoms with van der Waals surface area (Å²) in [6.45, 7) is 6.66. The predicted octanol–water partition coefficient (Wildman–Crippen LogP) is 1.26. The number of amides is 1. The standard InChI is InChI=1S/C7H14FNO/c1-5(8)6(10)9-7(2,3)4/h5H,1-4H3,(H,9,10). The van der Waals surface area contributed by atoms with Crippen LogP contribution >= 0.6 is 0 Å². The Morgan fingerprint density at radius 1 is 1.50 bits per heavy atom. The van der Waals surface area contributed by atoms with Crippen LogP contribution < -0.4 is 5.32 Å². The average molecular weight is 147 g/mol. The molecule has 1 unspecified atom stereocenters. The second kappa shape index (κ2) is 2.99. The van der Waals surface area contributed by atoms with Crippen molar-refractivity contribution in [3.05, 3.63) is 0 Å². The molecule has 3 heteroatoms. The summed E-state index contributed by atoms with van der Waals surface area (Å²) in [5.41, 5.74) is -0.336. The van der Waals surface area contributed by atoms with E-state index in [1.54, 1.807) is 0 Å². The van der Waals surface area contributed by atoms with E-state index in [1.807, 2.05) is 20.8 Å². The monoisotopic (exact) mass is 147 g/mol. The lowest BCUT2D eigenvalue weighted by Crippen LogP contribution is -2.43. The highest BCUT2D eigenvalue weighted by Crippen LogP contribution is 2.00. The first-order valence-electron chi connectivity index (χ1n) is 3.29. The van der Waals surface area contributed by atoms with Crippen molar-refractivity contribution >= 4 is 5.91 Å². The molecule has 0 aromatic heterocycles. The molecule has 60 valence electrons. The smallest absolute Gasteiger partial charge is 0.254 e. The Hall–Kier alpha value is -0.600.